The zero-order valence-electron chi connectivity index (χ0n) is 10.1. The van der Waals surface area contributed by atoms with E-state index in [-0.39, 0.29) is 17.9 Å². The number of amides is 2. The Kier molecular flexibility index (Phi) is 5.25. The third-order valence-corrected chi connectivity index (χ3v) is 2.93. The van der Waals surface area contributed by atoms with Gasteiger partial charge in [0, 0.05) is 32.6 Å². The van der Waals surface area contributed by atoms with Gasteiger partial charge in [0.2, 0.25) is 11.8 Å². The van der Waals surface area contributed by atoms with Gasteiger partial charge in [-0.2, -0.15) is 0 Å². The van der Waals surface area contributed by atoms with Crippen LogP contribution in [0.4, 0.5) is 0 Å². The van der Waals surface area contributed by atoms with Gasteiger partial charge in [-0.05, 0) is 19.8 Å². The molecule has 1 heterocycles. The first-order valence-corrected chi connectivity index (χ1v) is 5.87. The molecule has 2 amide bonds. The standard InChI is InChI=1S/C11H21N3O2/c1-3-14(2)11(16)8-13-9-5-4-6-12-10(15)7-9/h9,13H,3-8H2,1-2H3,(H,12,15). The predicted octanol–water partition coefficient (Wildman–Crippen LogP) is -0.277. The van der Waals surface area contributed by atoms with Gasteiger partial charge < -0.3 is 15.5 Å². The molecule has 92 valence electrons. The fraction of sp³-hybridized carbons (Fsp3) is 0.818. The van der Waals surface area contributed by atoms with Crippen molar-refractivity contribution < 1.29 is 9.59 Å². The van der Waals surface area contributed by atoms with Crippen molar-refractivity contribution in [1.29, 1.82) is 0 Å². The molecule has 2 N–H and O–H groups in total. The SMILES string of the molecule is CCN(C)C(=O)CNC1CCCNC(=O)C1. The molecule has 0 spiro atoms. The van der Waals surface area contributed by atoms with E-state index in [1.165, 1.54) is 0 Å². The fourth-order valence-corrected chi connectivity index (χ4v) is 1.69. The van der Waals surface area contributed by atoms with E-state index in [4.69, 9.17) is 0 Å². The number of likely N-dealkylation sites (N-methyl/N-ethyl adjacent to an activating group) is 1. The molecule has 1 saturated heterocycles. The van der Waals surface area contributed by atoms with Crippen LogP contribution in [-0.4, -0.2) is 49.4 Å². The summed E-state index contributed by atoms with van der Waals surface area (Å²) in [6.45, 7) is 3.73. The van der Waals surface area contributed by atoms with Crippen molar-refractivity contribution in [2.24, 2.45) is 0 Å². The van der Waals surface area contributed by atoms with Crippen LogP contribution in [0.5, 0.6) is 0 Å². The summed E-state index contributed by atoms with van der Waals surface area (Å²) in [5, 5.41) is 5.98. The normalized spacial score (nSPS) is 21.1. The van der Waals surface area contributed by atoms with Crippen LogP contribution in [0, 0.1) is 0 Å². The lowest BCUT2D eigenvalue weighted by molar-refractivity contribution is -0.129. The van der Waals surface area contributed by atoms with Gasteiger partial charge in [0.1, 0.15) is 0 Å². The highest BCUT2D eigenvalue weighted by Gasteiger charge is 2.18. The van der Waals surface area contributed by atoms with E-state index in [1.54, 1.807) is 11.9 Å². The molecule has 0 aromatic heterocycles. The van der Waals surface area contributed by atoms with Gasteiger partial charge in [0.05, 0.1) is 6.54 Å². The quantitative estimate of drug-likeness (QED) is 0.694. The van der Waals surface area contributed by atoms with Gasteiger partial charge in [-0.3, -0.25) is 9.59 Å². The molecule has 1 aliphatic heterocycles. The van der Waals surface area contributed by atoms with Crippen molar-refractivity contribution >= 4 is 11.8 Å². The Balaban J connectivity index is 2.30. The molecule has 5 heteroatoms. The van der Waals surface area contributed by atoms with Crippen molar-refractivity contribution in [3.8, 4) is 0 Å². The maximum Gasteiger partial charge on any atom is 0.236 e. The molecule has 1 rings (SSSR count). The Labute approximate surface area is 96.6 Å². The number of nitrogens with one attached hydrogen (secondary N) is 2. The molecular formula is C11H21N3O2. The van der Waals surface area contributed by atoms with Crippen LogP contribution in [0.25, 0.3) is 0 Å². The Morgan fingerprint density at radius 1 is 1.62 bits per heavy atom. The fourth-order valence-electron chi connectivity index (χ4n) is 1.69. The van der Waals surface area contributed by atoms with Crippen LogP contribution in [0.3, 0.4) is 0 Å². The van der Waals surface area contributed by atoms with E-state index >= 15 is 0 Å². The van der Waals surface area contributed by atoms with E-state index in [2.05, 4.69) is 10.6 Å². The lowest BCUT2D eigenvalue weighted by Gasteiger charge is -2.18. The highest BCUT2D eigenvalue weighted by atomic mass is 16.2. The zero-order valence-corrected chi connectivity index (χ0v) is 10.1. The van der Waals surface area contributed by atoms with E-state index in [0.29, 0.717) is 19.5 Å². The predicted molar refractivity (Wildman–Crippen MR) is 62.0 cm³/mol. The summed E-state index contributed by atoms with van der Waals surface area (Å²) < 4.78 is 0. The molecule has 1 fully saturated rings. The third-order valence-electron chi connectivity index (χ3n) is 2.93. The summed E-state index contributed by atoms with van der Waals surface area (Å²) in [6.07, 6.45) is 2.40. The van der Waals surface area contributed by atoms with Crippen molar-refractivity contribution in [2.45, 2.75) is 32.2 Å². The average Bonchev–Trinajstić information content (AvgIpc) is 2.49. The Bertz CT molecular complexity index is 256. The van der Waals surface area contributed by atoms with E-state index in [1.807, 2.05) is 6.92 Å². The summed E-state index contributed by atoms with van der Waals surface area (Å²) in [7, 11) is 1.78. The topological polar surface area (TPSA) is 61.4 Å². The minimum absolute atomic E-state index is 0.0753. The minimum Gasteiger partial charge on any atom is -0.356 e. The van der Waals surface area contributed by atoms with Gasteiger partial charge in [-0.25, -0.2) is 0 Å². The highest BCUT2D eigenvalue weighted by Crippen LogP contribution is 2.05. The molecule has 0 aliphatic carbocycles. The molecule has 16 heavy (non-hydrogen) atoms. The second kappa shape index (κ2) is 6.48. The van der Waals surface area contributed by atoms with Crippen LogP contribution in [-0.2, 0) is 9.59 Å². The molecule has 1 aliphatic rings. The number of carbonyl (C=O) groups is 2. The summed E-state index contributed by atoms with van der Waals surface area (Å²) in [4.78, 5) is 24.5. The molecule has 1 atom stereocenters. The van der Waals surface area contributed by atoms with Crippen molar-refractivity contribution in [3.63, 3.8) is 0 Å². The van der Waals surface area contributed by atoms with E-state index < -0.39 is 0 Å². The first-order chi connectivity index (χ1) is 7.63. The first-order valence-electron chi connectivity index (χ1n) is 5.87. The number of hydrogen-bond donors (Lipinski definition) is 2. The average molecular weight is 227 g/mol. The van der Waals surface area contributed by atoms with E-state index in [9.17, 15) is 9.59 Å². The minimum atomic E-state index is 0.0753. The van der Waals surface area contributed by atoms with Gasteiger partial charge in [0.25, 0.3) is 0 Å². The Hall–Kier alpha value is -1.10. The largest absolute Gasteiger partial charge is 0.356 e. The van der Waals surface area contributed by atoms with Gasteiger partial charge in [-0.15, -0.1) is 0 Å². The van der Waals surface area contributed by atoms with Crippen LogP contribution in [0.2, 0.25) is 0 Å². The lowest BCUT2D eigenvalue weighted by Crippen LogP contribution is -2.41. The zero-order chi connectivity index (χ0) is 12.0. The van der Waals surface area contributed by atoms with E-state index in [0.717, 1.165) is 19.4 Å². The second-order valence-electron chi connectivity index (χ2n) is 4.18. The van der Waals surface area contributed by atoms with Crippen molar-refractivity contribution in [2.75, 3.05) is 26.7 Å². The van der Waals surface area contributed by atoms with Crippen LogP contribution >= 0.6 is 0 Å². The Morgan fingerprint density at radius 3 is 3.06 bits per heavy atom. The highest BCUT2D eigenvalue weighted by molar-refractivity contribution is 5.78. The Morgan fingerprint density at radius 2 is 2.38 bits per heavy atom. The summed E-state index contributed by atoms with van der Waals surface area (Å²) >= 11 is 0. The molecule has 0 aromatic rings. The summed E-state index contributed by atoms with van der Waals surface area (Å²) in [6, 6.07) is 0.136. The third kappa shape index (κ3) is 4.18. The van der Waals surface area contributed by atoms with Gasteiger partial charge in [-0.1, -0.05) is 0 Å². The van der Waals surface area contributed by atoms with Crippen LogP contribution in [0.1, 0.15) is 26.2 Å². The van der Waals surface area contributed by atoms with Gasteiger partial charge >= 0.3 is 0 Å². The maximum absolute atomic E-state index is 11.5. The molecular weight excluding hydrogens is 206 g/mol. The smallest absolute Gasteiger partial charge is 0.236 e. The maximum atomic E-state index is 11.5. The molecule has 0 saturated carbocycles. The molecule has 5 nitrogen and oxygen atoms in total. The second-order valence-corrected chi connectivity index (χ2v) is 4.18. The molecule has 0 bridgehead atoms. The van der Waals surface area contributed by atoms with Gasteiger partial charge in [0.15, 0.2) is 0 Å². The molecule has 1 unspecified atom stereocenters. The monoisotopic (exact) mass is 227 g/mol. The lowest BCUT2D eigenvalue weighted by atomic mass is 10.1. The molecule has 0 radical (unpaired) electrons. The van der Waals surface area contributed by atoms with Crippen LogP contribution in [0.15, 0.2) is 0 Å². The summed E-state index contributed by atoms with van der Waals surface area (Å²) in [5.74, 6) is 0.151. The number of nitrogens with zero attached hydrogens (tertiary/aromatic N) is 1. The summed E-state index contributed by atoms with van der Waals surface area (Å²) in [5.41, 5.74) is 0. The number of carbonyl (C=O) groups excluding carboxylic acids is 2. The van der Waals surface area contributed by atoms with Crippen molar-refractivity contribution in [3.05, 3.63) is 0 Å². The first kappa shape index (κ1) is 13.0. The van der Waals surface area contributed by atoms with Crippen LogP contribution < -0.4 is 10.6 Å². The number of hydrogen-bond acceptors (Lipinski definition) is 3. The number of rotatable bonds is 4. The van der Waals surface area contributed by atoms with Crippen molar-refractivity contribution in [1.82, 2.24) is 15.5 Å². The molecule has 0 aromatic carbocycles.